The number of fused-ring (bicyclic) bond motifs is 5. The number of allylic oxidation sites excluding steroid dienone is 1. The molecule has 4 saturated carbocycles. The molecule has 4 fully saturated rings. The van der Waals surface area contributed by atoms with Crippen LogP contribution >= 0.6 is 12.2 Å². The number of thiocarbonyl (C=S) groups is 1. The first-order valence-electron chi connectivity index (χ1n) is 9.60. The number of carbonyl (C=O) groups excluding carboxylic acids is 2. The van der Waals surface area contributed by atoms with Crippen molar-refractivity contribution in [2.75, 3.05) is 6.67 Å². The van der Waals surface area contributed by atoms with Gasteiger partial charge in [-0.15, -0.1) is 0 Å². The number of Topliss-reactive ketones (excluding diaryl/α,β-unsaturated/α-hetero) is 2. The van der Waals surface area contributed by atoms with Crippen LogP contribution in [0.4, 0.5) is 4.39 Å². The van der Waals surface area contributed by atoms with Crippen molar-refractivity contribution in [3.63, 3.8) is 0 Å². The molecule has 0 spiro atoms. The predicted octanol–water partition coefficient (Wildman–Crippen LogP) is 4.51. The monoisotopic (exact) mass is 362 g/mol. The zero-order valence-corrected chi connectivity index (χ0v) is 16.0. The van der Waals surface area contributed by atoms with Crippen LogP contribution in [-0.2, 0) is 9.59 Å². The van der Waals surface area contributed by atoms with Crippen LogP contribution in [0, 0.1) is 40.4 Å². The lowest BCUT2D eigenvalue weighted by atomic mass is 9.42. The fourth-order valence-electron chi connectivity index (χ4n) is 7.06. The first-order valence-corrected chi connectivity index (χ1v) is 10.0. The highest BCUT2D eigenvalue weighted by Crippen LogP contribution is 2.67. The Morgan fingerprint density at radius 3 is 2.56 bits per heavy atom. The summed E-state index contributed by atoms with van der Waals surface area (Å²) in [6.07, 6.45) is 4.66. The van der Waals surface area contributed by atoms with Gasteiger partial charge in [-0.25, -0.2) is 0 Å². The van der Waals surface area contributed by atoms with Crippen LogP contribution in [0.3, 0.4) is 0 Å². The summed E-state index contributed by atoms with van der Waals surface area (Å²) in [6.45, 7) is 8.15. The Hall–Kier alpha value is -0.900. The van der Waals surface area contributed by atoms with Gasteiger partial charge in [0.2, 0.25) is 0 Å². The average Bonchev–Trinajstić information content (AvgIpc) is 2.87. The van der Waals surface area contributed by atoms with Crippen LogP contribution in [-0.4, -0.2) is 23.1 Å². The van der Waals surface area contributed by atoms with Gasteiger partial charge in [0.15, 0.2) is 5.78 Å². The molecule has 2 nitrogen and oxygen atoms in total. The van der Waals surface area contributed by atoms with Crippen LogP contribution < -0.4 is 0 Å². The zero-order chi connectivity index (χ0) is 18.1. The molecule has 7 atom stereocenters. The summed E-state index contributed by atoms with van der Waals surface area (Å²) < 4.78 is 14.2. The third kappa shape index (κ3) is 2.09. The number of carbonyl (C=O) groups is 2. The summed E-state index contributed by atoms with van der Waals surface area (Å²) in [5.74, 6) is 0.737. The van der Waals surface area contributed by atoms with Gasteiger partial charge in [0.05, 0.1) is 11.5 Å². The molecule has 0 aromatic heterocycles. The minimum absolute atomic E-state index is 0.0476. The molecule has 4 aliphatic rings. The highest BCUT2D eigenvalue weighted by Gasteiger charge is 2.64. The molecule has 0 N–H and O–H groups in total. The van der Waals surface area contributed by atoms with Crippen molar-refractivity contribution in [3.05, 3.63) is 12.2 Å². The van der Waals surface area contributed by atoms with Gasteiger partial charge in [-0.2, -0.15) is 0 Å². The molecule has 0 aromatic rings. The van der Waals surface area contributed by atoms with Crippen LogP contribution in [0.25, 0.3) is 0 Å². The average molecular weight is 363 g/mol. The summed E-state index contributed by atoms with van der Waals surface area (Å²) in [6, 6.07) is 0. The van der Waals surface area contributed by atoms with Crippen LogP contribution in [0.1, 0.15) is 52.4 Å². The normalized spacial score (nSPS) is 49.6. The Kier molecular flexibility index (Phi) is 3.89. The third-order valence-electron chi connectivity index (χ3n) is 8.45. The second-order valence-corrected chi connectivity index (χ2v) is 9.71. The SMILES string of the molecule is C=C1C2C(=S)C(=O)CC[C@]2(C)[C@H]2CC[C@]3(C)C(=O)CC[C@H]3[C@@H]2[C@@H]1CF. The van der Waals surface area contributed by atoms with Gasteiger partial charge in [-0.1, -0.05) is 38.2 Å². The Balaban J connectivity index is 1.81. The maximum Gasteiger partial charge on any atom is 0.170 e. The summed E-state index contributed by atoms with van der Waals surface area (Å²) in [5, 5.41) is 0. The van der Waals surface area contributed by atoms with E-state index in [4.69, 9.17) is 12.2 Å². The lowest BCUT2D eigenvalue weighted by molar-refractivity contribution is -0.137. The zero-order valence-electron chi connectivity index (χ0n) is 15.1. The predicted molar refractivity (Wildman–Crippen MR) is 99.1 cm³/mol. The van der Waals surface area contributed by atoms with Crippen molar-refractivity contribution in [1.29, 1.82) is 0 Å². The minimum atomic E-state index is -0.454. The number of hydrogen-bond acceptors (Lipinski definition) is 3. The van der Waals surface area contributed by atoms with Crippen molar-refractivity contribution >= 4 is 28.6 Å². The molecule has 0 amide bonds. The highest BCUT2D eigenvalue weighted by atomic mass is 32.1. The molecule has 4 heteroatoms. The van der Waals surface area contributed by atoms with E-state index < -0.39 is 6.67 Å². The molecule has 0 aromatic carbocycles. The van der Waals surface area contributed by atoms with Crippen LogP contribution in [0.2, 0.25) is 0 Å². The van der Waals surface area contributed by atoms with Crippen LogP contribution in [0.15, 0.2) is 12.2 Å². The Morgan fingerprint density at radius 2 is 1.88 bits per heavy atom. The van der Waals surface area contributed by atoms with E-state index in [9.17, 15) is 14.0 Å². The van der Waals surface area contributed by atoms with E-state index in [0.717, 1.165) is 31.3 Å². The number of halogens is 1. The van der Waals surface area contributed by atoms with E-state index in [1.54, 1.807) is 0 Å². The minimum Gasteiger partial charge on any atom is -0.299 e. The molecule has 4 rings (SSSR count). The molecule has 0 heterocycles. The lowest BCUT2D eigenvalue weighted by Gasteiger charge is -2.62. The largest absolute Gasteiger partial charge is 0.299 e. The number of ketones is 2. The van der Waals surface area contributed by atoms with Crippen molar-refractivity contribution in [1.82, 2.24) is 0 Å². The smallest absolute Gasteiger partial charge is 0.170 e. The molecule has 0 saturated heterocycles. The summed E-state index contributed by atoms with van der Waals surface area (Å²) in [7, 11) is 0. The number of rotatable bonds is 1. The summed E-state index contributed by atoms with van der Waals surface area (Å²) in [5.41, 5.74) is 0.432. The summed E-state index contributed by atoms with van der Waals surface area (Å²) in [4.78, 5) is 25.3. The van der Waals surface area contributed by atoms with E-state index in [1.807, 2.05) is 0 Å². The standard InChI is InChI=1S/C21H27FO2S/c1-11-12(10-22)17-13-4-5-16(24)20(13,2)8-6-14(17)21(3)9-7-15(23)19(25)18(11)21/h12-14,17-18H,1,4-10H2,2-3H3/t12-,13+,14+,17+,18?,20+,21-/m1/s1. The van der Waals surface area contributed by atoms with Gasteiger partial charge >= 0.3 is 0 Å². The molecular weight excluding hydrogens is 335 g/mol. The quantitative estimate of drug-likeness (QED) is 0.508. The molecule has 1 unspecified atom stereocenters. The van der Waals surface area contributed by atoms with Crippen molar-refractivity contribution < 1.29 is 14.0 Å². The van der Waals surface area contributed by atoms with Crippen LogP contribution in [0.5, 0.6) is 0 Å². The first-order chi connectivity index (χ1) is 11.8. The Morgan fingerprint density at radius 1 is 1.16 bits per heavy atom. The van der Waals surface area contributed by atoms with Gasteiger partial charge in [0.25, 0.3) is 0 Å². The topological polar surface area (TPSA) is 34.1 Å². The highest BCUT2D eigenvalue weighted by molar-refractivity contribution is 7.82. The molecule has 4 aliphatic carbocycles. The summed E-state index contributed by atoms with van der Waals surface area (Å²) >= 11 is 5.52. The Labute approximate surface area is 154 Å². The van der Waals surface area contributed by atoms with E-state index in [2.05, 4.69) is 20.4 Å². The molecule has 0 radical (unpaired) electrons. The van der Waals surface area contributed by atoms with Gasteiger partial charge in [-0.05, 0) is 48.9 Å². The second kappa shape index (κ2) is 5.55. The maximum atomic E-state index is 14.2. The fraction of sp³-hybridized carbons (Fsp3) is 0.762. The van der Waals surface area contributed by atoms with Crippen molar-refractivity contribution in [2.24, 2.45) is 40.4 Å². The molecular formula is C21H27FO2S. The Bertz CT molecular complexity index is 685. The molecule has 25 heavy (non-hydrogen) atoms. The van der Waals surface area contributed by atoms with Crippen molar-refractivity contribution in [2.45, 2.75) is 52.4 Å². The van der Waals surface area contributed by atoms with Gasteiger partial charge in [-0.3, -0.25) is 14.0 Å². The molecule has 0 aliphatic heterocycles. The van der Waals surface area contributed by atoms with Gasteiger partial charge in [0.1, 0.15) is 5.78 Å². The van der Waals surface area contributed by atoms with Gasteiger partial charge in [0, 0.05) is 30.1 Å². The van der Waals surface area contributed by atoms with E-state index in [1.165, 1.54) is 0 Å². The molecule has 136 valence electrons. The lowest BCUT2D eigenvalue weighted by Crippen LogP contribution is -2.59. The van der Waals surface area contributed by atoms with E-state index in [0.29, 0.717) is 29.4 Å². The molecule has 0 bridgehead atoms. The number of alkyl halides is 1. The second-order valence-electron chi connectivity index (χ2n) is 9.27. The van der Waals surface area contributed by atoms with E-state index in [-0.39, 0.29) is 40.3 Å². The first kappa shape index (κ1) is 17.5. The van der Waals surface area contributed by atoms with E-state index >= 15 is 0 Å². The maximum absolute atomic E-state index is 14.2. The van der Waals surface area contributed by atoms with Gasteiger partial charge < -0.3 is 0 Å². The van der Waals surface area contributed by atoms with Crippen molar-refractivity contribution in [3.8, 4) is 0 Å². The third-order valence-corrected chi connectivity index (χ3v) is 8.92. The fourth-order valence-corrected chi connectivity index (χ4v) is 7.59. The number of hydrogen-bond donors (Lipinski definition) is 0.